The number of carbonyl (C=O) groups is 1. The number of carbonyl (C=O) groups excluding carboxylic acids is 1. The molecule has 0 aliphatic carbocycles. The van der Waals surface area contributed by atoms with Crippen LogP contribution in [0.1, 0.15) is 28.6 Å². The molecule has 0 aliphatic rings. The third-order valence-corrected chi connectivity index (χ3v) is 4.23. The van der Waals surface area contributed by atoms with E-state index < -0.39 is 29.5 Å². The second kappa shape index (κ2) is 8.30. The Kier molecular flexibility index (Phi) is 5.81. The molecule has 1 aromatic heterocycles. The highest BCUT2D eigenvalue weighted by Crippen LogP contribution is 2.29. The Bertz CT molecular complexity index is 1040. The highest BCUT2D eigenvalue weighted by molar-refractivity contribution is 5.92. The molecule has 8 heteroatoms. The van der Waals surface area contributed by atoms with Crippen molar-refractivity contribution in [1.82, 2.24) is 14.9 Å². The van der Waals surface area contributed by atoms with Crippen molar-refractivity contribution in [3.63, 3.8) is 0 Å². The fourth-order valence-corrected chi connectivity index (χ4v) is 2.82. The van der Waals surface area contributed by atoms with Crippen LogP contribution in [0.4, 0.5) is 17.6 Å². The molecule has 4 nitrogen and oxygen atoms in total. The molecule has 0 radical (unpaired) electrons. The Hall–Kier alpha value is -3.42. The number of benzene rings is 2. The van der Waals surface area contributed by atoms with E-state index in [1.165, 1.54) is 36.4 Å². The molecule has 1 N–H and O–H groups in total. The zero-order chi connectivity index (χ0) is 21.0. The number of aromatic nitrogens is 2. The highest BCUT2D eigenvalue weighted by atomic mass is 19.4. The van der Waals surface area contributed by atoms with Gasteiger partial charge in [-0.3, -0.25) is 4.79 Å². The van der Waals surface area contributed by atoms with Crippen molar-refractivity contribution in [3.8, 4) is 0 Å². The molecule has 0 saturated carbocycles. The number of aryl methyl sites for hydroxylation is 1. The number of hydrogen-bond acceptors (Lipinski definition) is 2. The Labute approximate surface area is 164 Å². The topological polar surface area (TPSA) is 46.9 Å². The highest BCUT2D eigenvalue weighted by Gasteiger charge is 2.30. The van der Waals surface area contributed by atoms with E-state index in [2.05, 4.69) is 10.3 Å². The quantitative estimate of drug-likeness (QED) is 0.504. The number of nitrogens with zero attached hydrogens (tertiary/aromatic N) is 2. The average molecular weight is 403 g/mol. The van der Waals surface area contributed by atoms with Crippen molar-refractivity contribution < 1.29 is 22.4 Å². The summed E-state index contributed by atoms with van der Waals surface area (Å²) in [7, 11) is 1.74. The van der Waals surface area contributed by atoms with E-state index >= 15 is 0 Å². The number of halogens is 4. The minimum atomic E-state index is -4.47. The van der Waals surface area contributed by atoms with Crippen molar-refractivity contribution in [2.75, 3.05) is 0 Å². The number of amides is 1. The Morgan fingerprint density at radius 1 is 1.17 bits per heavy atom. The molecule has 3 aromatic rings. The third kappa shape index (κ3) is 5.10. The molecule has 1 amide bonds. The van der Waals surface area contributed by atoms with Crippen molar-refractivity contribution in [1.29, 1.82) is 0 Å². The number of alkyl halides is 3. The average Bonchev–Trinajstić information content (AvgIpc) is 3.09. The van der Waals surface area contributed by atoms with E-state index in [4.69, 9.17) is 0 Å². The lowest BCUT2D eigenvalue weighted by Gasteiger charge is -2.18. The SMILES string of the molecule is Cn1ccnc1C(NC(=O)/C=C/c1cccc(C(F)(F)F)c1)c1cccc(F)c1. The number of hydrogen-bond donors (Lipinski definition) is 1. The summed E-state index contributed by atoms with van der Waals surface area (Å²) in [5.74, 6) is -0.536. The van der Waals surface area contributed by atoms with Gasteiger partial charge < -0.3 is 9.88 Å². The standard InChI is InChI=1S/C21H17F4N3O/c1-28-11-10-26-20(28)19(15-5-3-7-17(22)13-15)27-18(29)9-8-14-4-2-6-16(12-14)21(23,24)25/h2-13,19H,1H3,(H,27,29)/b9-8+. The van der Waals surface area contributed by atoms with Gasteiger partial charge in [0.2, 0.25) is 5.91 Å². The van der Waals surface area contributed by atoms with E-state index in [1.54, 1.807) is 30.1 Å². The lowest BCUT2D eigenvalue weighted by Crippen LogP contribution is -2.29. The molecule has 150 valence electrons. The summed E-state index contributed by atoms with van der Waals surface area (Å²) in [5.41, 5.74) is -0.0832. The first kappa shape index (κ1) is 20.3. The molecule has 1 atom stereocenters. The fourth-order valence-electron chi connectivity index (χ4n) is 2.82. The van der Waals surface area contributed by atoms with E-state index in [9.17, 15) is 22.4 Å². The lowest BCUT2D eigenvalue weighted by molar-refractivity contribution is -0.137. The molecule has 29 heavy (non-hydrogen) atoms. The first-order chi connectivity index (χ1) is 13.7. The first-order valence-corrected chi connectivity index (χ1v) is 8.62. The maximum Gasteiger partial charge on any atom is 0.416 e. The second-order valence-electron chi connectivity index (χ2n) is 6.35. The smallest absolute Gasteiger partial charge is 0.339 e. The van der Waals surface area contributed by atoms with E-state index in [0.717, 1.165) is 18.2 Å². The van der Waals surface area contributed by atoms with Crippen LogP contribution in [-0.4, -0.2) is 15.5 Å². The van der Waals surface area contributed by atoms with Crippen molar-refractivity contribution in [3.05, 3.63) is 95.3 Å². The largest absolute Gasteiger partial charge is 0.416 e. The Balaban J connectivity index is 1.82. The number of imidazole rings is 1. The predicted octanol–water partition coefficient (Wildman–Crippen LogP) is 4.50. The molecule has 3 rings (SSSR count). The molecule has 2 aromatic carbocycles. The Morgan fingerprint density at radius 3 is 2.59 bits per heavy atom. The van der Waals surface area contributed by atoms with Gasteiger partial charge in [0.05, 0.1) is 5.56 Å². The summed E-state index contributed by atoms with van der Waals surface area (Å²) in [6, 6.07) is 9.65. The van der Waals surface area contributed by atoms with E-state index in [1.807, 2.05) is 0 Å². The van der Waals surface area contributed by atoms with Crippen molar-refractivity contribution in [2.45, 2.75) is 12.2 Å². The molecule has 0 fully saturated rings. The van der Waals surface area contributed by atoms with Gasteiger partial charge in [0.15, 0.2) is 0 Å². The number of rotatable bonds is 5. The van der Waals surface area contributed by atoms with Gasteiger partial charge in [-0.25, -0.2) is 9.37 Å². The first-order valence-electron chi connectivity index (χ1n) is 8.62. The van der Waals surface area contributed by atoms with Crippen molar-refractivity contribution >= 4 is 12.0 Å². The second-order valence-corrected chi connectivity index (χ2v) is 6.35. The Morgan fingerprint density at radius 2 is 1.93 bits per heavy atom. The zero-order valence-electron chi connectivity index (χ0n) is 15.3. The normalized spacial score (nSPS) is 12.9. The summed E-state index contributed by atoms with van der Waals surface area (Å²) >= 11 is 0. The van der Waals surface area contributed by atoms with Crippen molar-refractivity contribution in [2.24, 2.45) is 7.05 Å². The van der Waals surface area contributed by atoms with Crippen LogP contribution in [0.25, 0.3) is 6.08 Å². The van der Waals surface area contributed by atoms with Crippen LogP contribution in [0.3, 0.4) is 0 Å². The van der Waals surface area contributed by atoms with Crippen LogP contribution in [0, 0.1) is 5.82 Å². The maximum atomic E-state index is 13.7. The van der Waals surface area contributed by atoms with Gasteiger partial charge in [-0.05, 0) is 41.5 Å². The van der Waals surface area contributed by atoms with Gasteiger partial charge >= 0.3 is 6.18 Å². The van der Waals surface area contributed by atoms with Crippen LogP contribution < -0.4 is 5.32 Å². The lowest BCUT2D eigenvalue weighted by atomic mass is 10.1. The maximum absolute atomic E-state index is 13.7. The molecule has 0 saturated heterocycles. The van der Waals surface area contributed by atoms with E-state index in [-0.39, 0.29) is 5.56 Å². The molecule has 1 heterocycles. The van der Waals surface area contributed by atoms with Crippen LogP contribution in [0.5, 0.6) is 0 Å². The van der Waals surface area contributed by atoms with Gasteiger partial charge in [-0.1, -0.05) is 24.3 Å². The van der Waals surface area contributed by atoms with Crippen LogP contribution in [0.2, 0.25) is 0 Å². The summed E-state index contributed by atoms with van der Waals surface area (Å²) in [4.78, 5) is 16.6. The molecular formula is C21H17F4N3O. The van der Waals surface area contributed by atoms with E-state index in [0.29, 0.717) is 11.4 Å². The van der Waals surface area contributed by atoms with Gasteiger partial charge in [0.1, 0.15) is 17.7 Å². The fraction of sp³-hybridized carbons (Fsp3) is 0.143. The summed E-state index contributed by atoms with van der Waals surface area (Å²) < 4.78 is 53.8. The van der Waals surface area contributed by atoms with Crippen LogP contribution in [-0.2, 0) is 18.0 Å². The molecule has 0 aliphatic heterocycles. The van der Waals surface area contributed by atoms with Crippen LogP contribution in [0.15, 0.2) is 67.0 Å². The third-order valence-electron chi connectivity index (χ3n) is 4.23. The predicted molar refractivity (Wildman–Crippen MR) is 100 cm³/mol. The van der Waals surface area contributed by atoms with Gasteiger partial charge in [-0.2, -0.15) is 13.2 Å². The van der Waals surface area contributed by atoms with Gasteiger partial charge in [-0.15, -0.1) is 0 Å². The minimum absolute atomic E-state index is 0.231. The monoisotopic (exact) mass is 403 g/mol. The zero-order valence-corrected chi connectivity index (χ0v) is 15.3. The van der Waals surface area contributed by atoms with Gasteiger partial charge in [0.25, 0.3) is 0 Å². The number of nitrogens with one attached hydrogen (secondary N) is 1. The summed E-state index contributed by atoms with van der Waals surface area (Å²) in [6.07, 6.45) is 1.18. The summed E-state index contributed by atoms with van der Waals surface area (Å²) in [6.45, 7) is 0. The molecule has 0 bridgehead atoms. The molecular weight excluding hydrogens is 386 g/mol. The summed E-state index contributed by atoms with van der Waals surface area (Å²) in [5, 5.41) is 2.72. The van der Waals surface area contributed by atoms with Gasteiger partial charge in [0, 0.05) is 25.5 Å². The molecule has 1 unspecified atom stereocenters. The molecule has 0 spiro atoms. The minimum Gasteiger partial charge on any atom is -0.339 e. The van der Waals surface area contributed by atoms with Crippen LogP contribution >= 0.6 is 0 Å².